The van der Waals surface area contributed by atoms with Crippen molar-refractivity contribution in [2.45, 2.75) is 57.4 Å². The number of nitrogens with zero attached hydrogens (tertiary/aromatic N) is 1. The number of hydrogen-bond acceptors (Lipinski definition) is 5. The van der Waals surface area contributed by atoms with E-state index >= 15 is 0 Å². The van der Waals surface area contributed by atoms with Crippen molar-refractivity contribution in [3.8, 4) is 0 Å². The number of sulfonamides is 1. The lowest BCUT2D eigenvalue weighted by Gasteiger charge is -2.29. The standard InChI is InChI=1S/C20H30N2O5S/c1-4-22(5-2)28(25,26)17-12-10-16(11-13-17)20(24)27-14-19(23)21-18-9-7-6-8-15(18)3/h10-13,15,18H,4-9,14H2,1-3H3,(H,21,23)/t15-,18+/m1/s1. The first kappa shape index (κ1) is 22.4. The van der Waals surface area contributed by atoms with Gasteiger partial charge in [0.05, 0.1) is 10.5 Å². The quantitative estimate of drug-likeness (QED) is 0.665. The summed E-state index contributed by atoms with van der Waals surface area (Å²) in [6.45, 7) is 6.05. The summed E-state index contributed by atoms with van der Waals surface area (Å²) in [4.78, 5) is 24.3. The molecule has 1 aliphatic rings. The Bertz CT molecular complexity index is 772. The zero-order chi connectivity index (χ0) is 20.7. The van der Waals surface area contributed by atoms with Crippen molar-refractivity contribution >= 4 is 21.9 Å². The number of hydrogen-bond donors (Lipinski definition) is 1. The van der Waals surface area contributed by atoms with E-state index in [2.05, 4.69) is 12.2 Å². The molecule has 156 valence electrons. The molecule has 0 heterocycles. The molecule has 0 unspecified atom stereocenters. The SMILES string of the molecule is CCN(CC)S(=O)(=O)c1ccc(C(=O)OCC(=O)N[C@H]2CCCC[C@H]2C)cc1. The van der Waals surface area contributed by atoms with Crippen molar-refractivity contribution in [2.75, 3.05) is 19.7 Å². The molecule has 7 nitrogen and oxygen atoms in total. The second kappa shape index (κ2) is 10.0. The Kier molecular flexibility index (Phi) is 8.00. The molecule has 8 heteroatoms. The van der Waals surface area contributed by atoms with Crippen LogP contribution in [0.5, 0.6) is 0 Å². The number of esters is 1. The van der Waals surface area contributed by atoms with Crippen LogP contribution in [0.2, 0.25) is 0 Å². The number of carbonyl (C=O) groups is 2. The largest absolute Gasteiger partial charge is 0.452 e. The van der Waals surface area contributed by atoms with Gasteiger partial charge in [-0.3, -0.25) is 4.79 Å². The van der Waals surface area contributed by atoms with Crippen LogP contribution < -0.4 is 5.32 Å². The van der Waals surface area contributed by atoms with Crippen LogP contribution in [0.25, 0.3) is 0 Å². The molecule has 0 radical (unpaired) electrons. The van der Waals surface area contributed by atoms with Gasteiger partial charge in [0.15, 0.2) is 6.61 Å². The molecule has 1 saturated carbocycles. The molecule has 0 aromatic heterocycles. The molecule has 1 aromatic rings. The fraction of sp³-hybridized carbons (Fsp3) is 0.600. The Labute approximate surface area is 167 Å². The van der Waals surface area contributed by atoms with Crippen molar-refractivity contribution in [3.63, 3.8) is 0 Å². The van der Waals surface area contributed by atoms with Gasteiger partial charge in [0.2, 0.25) is 10.0 Å². The molecule has 0 bridgehead atoms. The monoisotopic (exact) mass is 410 g/mol. The fourth-order valence-corrected chi connectivity index (χ4v) is 4.93. The van der Waals surface area contributed by atoms with Gasteiger partial charge < -0.3 is 10.1 Å². The van der Waals surface area contributed by atoms with Gasteiger partial charge in [-0.25, -0.2) is 13.2 Å². The Hall–Kier alpha value is -1.93. The lowest BCUT2D eigenvalue weighted by atomic mass is 9.86. The number of rotatable bonds is 8. The van der Waals surface area contributed by atoms with Gasteiger partial charge in [-0.2, -0.15) is 4.31 Å². The van der Waals surface area contributed by atoms with E-state index in [4.69, 9.17) is 4.74 Å². The smallest absolute Gasteiger partial charge is 0.338 e. The van der Waals surface area contributed by atoms with Gasteiger partial charge in [-0.1, -0.05) is 33.6 Å². The minimum atomic E-state index is -3.57. The molecule has 1 aromatic carbocycles. The van der Waals surface area contributed by atoms with Crippen LogP contribution in [0.1, 0.15) is 56.8 Å². The van der Waals surface area contributed by atoms with Gasteiger partial charge in [0.1, 0.15) is 0 Å². The molecular formula is C20H30N2O5S. The minimum Gasteiger partial charge on any atom is -0.452 e. The predicted octanol–water partition coefficient (Wildman–Crippen LogP) is 2.57. The van der Waals surface area contributed by atoms with E-state index in [1.807, 2.05) is 0 Å². The molecule has 28 heavy (non-hydrogen) atoms. The molecule has 1 aliphatic carbocycles. The van der Waals surface area contributed by atoms with Crippen LogP contribution in [0, 0.1) is 5.92 Å². The van der Waals surface area contributed by atoms with Crippen LogP contribution in [0.3, 0.4) is 0 Å². The van der Waals surface area contributed by atoms with Crippen LogP contribution in [0.4, 0.5) is 0 Å². The molecule has 0 spiro atoms. The molecule has 2 atom stereocenters. The third kappa shape index (κ3) is 5.54. The molecule has 1 fully saturated rings. The molecule has 0 saturated heterocycles. The highest BCUT2D eigenvalue weighted by atomic mass is 32.2. The van der Waals surface area contributed by atoms with Crippen LogP contribution >= 0.6 is 0 Å². The zero-order valence-corrected chi connectivity index (χ0v) is 17.6. The number of amides is 1. The average Bonchev–Trinajstić information content (AvgIpc) is 2.68. The number of ether oxygens (including phenoxy) is 1. The Morgan fingerprint density at radius 3 is 2.29 bits per heavy atom. The number of benzene rings is 1. The van der Waals surface area contributed by atoms with E-state index in [0.717, 1.165) is 19.3 Å². The normalized spacial score (nSPS) is 20.0. The van der Waals surface area contributed by atoms with Crippen molar-refractivity contribution in [1.82, 2.24) is 9.62 Å². The predicted molar refractivity (Wildman–Crippen MR) is 106 cm³/mol. The van der Waals surface area contributed by atoms with Crippen LogP contribution in [0.15, 0.2) is 29.2 Å². The van der Waals surface area contributed by atoms with E-state index in [9.17, 15) is 18.0 Å². The maximum Gasteiger partial charge on any atom is 0.338 e. The molecule has 1 amide bonds. The summed E-state index contributed by atoms with van der Waals surface area (Å²) < 4.78 is 31.3. The van der Waals surface area contributed by atoms with Gasteiger partial charge in [0.25, 0.3) is 5.91 Å². The van der Waals surface area contributed by atoms with Gasteiger partial charge in [-0.15, -0.1) is 0 Å². The summed E-state index contributed by atoms with van der Waals surface area (Å²) in [6, 6.07) is 5.70. The third-order valence-electron chi connectivity index (χ3n) is 5.23. The summed E-state index contributed by atoms with van der Waals surface area (Å²) in [6.07, 6.45) is 4.32. The first-order valence-corrected chi connectivity index (χ1v) is 11.3. The molecule has 0 aliphatic heterocycles. The topological polar surface area (TPSA) is 92.8 Å². The fourth-order valence-electron chi connectivity index (χ4n) is 3.47. The van der Waals surface area contributed by atoms with Crippen molar-refractivity contribution in [1.29, 1.82) is 0 Å². The van der Waals surface area contributed by atoms with Gasteiger partial charge in [0, 0.05) is 19.1 Å². The highest BCUT2D eigenvalue weighted by Crippen LogP contribution is 2.23. The van der Waals surface area contributed by atoms with Crippen molar-refractivity contribution in [2.24, 2.45) is 5.92 Å². The first-order chi connectivity index (χ1) is 13.3. The number of nitrogens with one attached hydrogen (secondary N) is 1. The van der Waals surface area contributed by atoms with Crippen LogP contribution in [-0.2, 0) is 19.6 Å². The summed E-state index contributed by atoms with van der Waals surface area (Å²) in [5.74, 6) is -0.542. The maximum absolute atomic E-state index is 12.5. The molecule has 1 N–H and O–H groups in total. The van der Waals surface area contributed by atoms with Gasteiger partial charge in [-0.05, 0) is 43.0 Å². The average molecular weight is 411 g/mol. The second-order valence-electron chi connectivity index (χ2n) is 7.13. The Balaban J connectivity index is 1.91. The Morgan fingerprint density at radius 2 is 1.71 bits per heavy atom. The van der Waals surface area contributed by atoms with Gasteiger partial charge >= 0.3 is 5.97 Å². The summed E-state index contributed by atoms with van der Waals surface area (Å²) in [5, 5.41) is 2.93. The summed E-state index contributed by atoms with van der Waals surface area (Å²) in [7, 11) is -3.57. The van der Waals surface area contributed by atoms with E-state index in [1.165, 1.54) is 35.0 Å². The third-order valence-corrected chi connectivity index (χ3v) is 7.29. The maximum atomic E-state index is 12.5. The Morgan fingerprint density at radius 1 is 1.11 bits per heavy atom. The molecule has 2 rings (SSSR count). The second-order valence-corrected chi connectivity index (χ2v) is 9.06. The minimum absolute atomic E-state index is 0.122. The van der Waals surface area contributed by atoms with E-state index in [-0.39, 0.29) is 29.0 Å². The first-order valence-electron chi connectivity index (χ1n) is 9.86. The van der Waals surface area contributed by atoms with Crippen LogP contribution in [-0.4, -0.2) is 50.3 Å². The van der Waals surface area contributed by atoms with Crippen molar-refractivity contribution < 1.29 is 22.7 Å². The summed E-state index contributed by atoms with van der Waals surface area (Å²) >= 11 is 0. The highest BCUT2D eigenvalue weighted by Gasteiger charge is 2.24. The zero-order valence-electron chi connectivity index (χ0n) is 16.8. The van der Waals surface area contributed by atoms with E-state index in [0.29, 0.717) is 19.0 Å². The van der Waals surface area contributed by atoms with Crippen molar-refractivity contribution in [3.05, 3.63) is 29.8 Å². The summed E-state index contributed by atoms with van der Waals surface area (Å²) in [5.41, 5.74) is 0.206. The highest BCUT2D eigenvalue weighted by molar-refractivity contribution is 7.89. The molecular weight excluding hydrogens is 380 g/mol. The lowest BCUT2D eigenvalue weighted by molar-refractivity contribution is -0.125. The van der Waals surface area contributed by atoms with E-state index in [1.54, 1.807) is 13.8 Å². The number of carbonyl (C=O) groups excluding carboxylic acids is 2. The van der Waals surface area contributed by atoms with E-state index < -0.39 is 16.0 Å². The lowest BCUT2D eigenvalue weighted by Crippen LogP contribution is -2.42.